The number of carbonyl (C=O) groups excluding carboxylic acids is 1. The third-order valence-corrected chi connectivity index (χ3v) is 4.05. The van der Waals surface area contributed by atoms with Gasteiger partial charge in [0.05, 0.1) is 5.75 Å². The number of aliphatic hydroxyl groups is 1. The van der Waals surface area contributed by atoms with Crippen LogP contribution in [0.15, 0.2) is 60.3 Å². The molecule has 0 aliphatic carbocycles. The summed E-state index contributed by atoms with van der Waals surface area (Å²) < 4.78 is 0. The van der Waals surface area contributed by atoms with E-state index < -0.39 is 6.23 Å². The Labute approximate surface area is 142 Å². The van der Waals surface area contributed by atoms with Gasteiger partial charge in [-0.2, -0.15) is 0 Å². The number of allylic oxidation sites excluding steroid dienone is 6. The molecule has 126 valence electrons. The lowest BCUT2D eigenvalue weighted by Gasteiger charge is -2.19. The van der Waals surface area contributed by atoms with Crippen LogP contribution in [0.4, 0.5) is 0 Å². The topological polar surface area (TPSA) is 78.6 Å². The molecule has 1 atom stereocenters. The fourth-order valence-corrected chi connectivity index (χ4v) is 2.66. The number of nitrogens with one attached hydrogen (secondary N) is 1. The van der Waals surface area contributed by atoms with Crippen LogP contribution in [0.2, 0.25) is 0 Å². The summed E-state index contributed by atoms with van der Waals surface area (Å²) in [5, 5.41) is 12.7. The zero-order valence-corrected chi connectivity index (χ0v) is 14.0. The number of hydrogen-bond acceptors (Lipinski definition) is 5. The number of rotatable bonds is 9. The summed E-state index contributed by atoms with van der Waals surface area (Å²) >= 11 is 1.48. The first kappa shape index (κ1) is 19.3. The van der Waals surface area contributed by atoms with E-state index in [1.807, 2.05) is 29.5 Å². The molecule has 0 saturated heterocycles. The molecular weight excluding hydrogens is 310 g/mol. The number of thioether (sulfide) groups is 1. The second-order valence-corrected chi connectivity index (χ2v) is 6.02. The summed E-state index contributed by atoms with van der Waals surface area (Å²) in [6, 6.07) is 0. The average Bonchev–Trinajstić information content (AvgIpc) is 2.63. The predicted molar refractivity (Wildman–Crippen MR) is 97.3 cm³/mol. The minimum Gasteiger partial charge on any atom is -0.375 e. The highest BCUT2D eigenvalue weighted by atomic mass is 32.2. The minimum atomic E-state index is -0.693. The monoisotopic (exact) mass is 335 g/mol. The Bertz CT molecular complexity index is 498. The summed E-state index contributed by atoms with van der Waals surface area (Å²) in [4.78, 5) is 14.1. The standard InChI is InChI=1S/C17H25N3O2S/c1-2-3-9-17(22)19-10-12-20-11-7-5-4-6-8-15(13-20)23-14-16(18)21/h2-5,7,9,11,13,17,19,22H,1,6,8,10,12,14H2,(H2,18,21)/b5-4-,9-3+,11-7+,15-13?. The van der Waals surface area contributed by atoms with Crippen LogP contribution in [0.5, 0.6) is 0 Å². The Morgan fingerprint density at radius 1 is 1.57 bits per heavy atom. The molecule has 0 aromatic carbocycles. The van der Waals surface area contributed by atoms with E-state index in [9.17, 15) is 9.90 Å². The van der Waals surface area contributed by atoms with Crippen molar-refractivity contribution in [1.29, 1.82) is 0 Å². The minimum absolute atomic E-state index is 0.288. The molecule has 1 unspecified atom stereocenters. The Morgan fingerprint density at radius 3 is 3.13 bits per heavy atom. The second kappa shape index (κ2) is 11.8. The largest absolute Gasteiger partial charge is 0.375 e. The summed E-state index contributed by atoms with van der Waals surface area (Å²) in [7, 11) is 0. The molecule has 5 nitrogen and oxygen atoms in total. The number of nitrogens with zero attached hydrogens (tertiary/aromatic N) is 1. The highest BCUT2D eigenvalue weighted by molar-refractivity contribution is 8.03. The molecule has 0 radical (unpaired) electrons. The van der Waals surface area contributed by atoms with Crippen LogP contribution >= 0.6 is 11.8 Å². The molecule has 0 aromatic heterocycles. The van der Waals surface area contributed by atoms with Crippen LogP contribution in [-0.2, 0) is 4.79 Å². The van der Waals surface area contributed by atoms with Crippen LogP contribution in [0.3, 0.4) is 0 Å². The number of carbonyl (C=O) groups is 1. The van der Waals surface area contributed by atoms with Gasteiger partial charge in [0.15, 0.2) is 0 Å². The van der Waals surface area contributed by atoms with Crippen LogP contribution in [0.1, 0.15) is 12.8 Å². The summed E-state index contributed by atoms with van der Waals surface area (Å²) in [6.45, 7) is 4.87. The van der Waals surface area contributed by atoms with E-state index in [-0.39, 0.29) is 11.7 Å². The smallest absolute Gasteiger partial charge is 0.227 e. The third-order valence-electron chi connectivity index (χ3n) is 2.94. The average molecular weight is 335 g/mol. The Balaban J connectivity index is 2.57. The lowest BCUT2D eigenvalue weighted by molar-refractivity contribution is -0.115. The van der Waals surface area contributed by atoms with E-state index in [0.717, 1.165) is 17.7 Å². The van der Waals surface area contributed by atoms with Gasteiger partial charge < -0.3 is 15.7 Å². The van der Waals surface area contributed by atoms with Gasteiger partial charge in [-0.25, -0.2) is 0 Å². The lowest BCUT2D eigenvalue weighted by atomic mass is 10.3. The van der Waals surface area contributed by atoms with E-state index >= 15 is 0 Å². The van der Waals surface area contributed by atoms with E-state index in [1.54, 1.807) is 18.2 Å². The third kappa shape index (κ3) is 9.78. The molecule has 1 aliphatic heterocycles. The molecule has 0 aromatic rings. The van der Waals surface area contributed by atoms with Gasteiger partial charge in [0.25, 0.3) is 0 Å². The molecule has 4 N–H and O–H groups in total. The predicted octanol–water partition coefficient (Wildman–Crippen LogP) is 1.86. The first-order chi connectivity index (χ1) is 11.1. The highest BCUT2D eigenvalue weighted by Crippen LogP contribution is 2.22. The molecule has 1 amide bonds. The van der Waals surface area contributed by atoms with Crippen molar-refractivity contribution in [3.05, 3.63) is 60.3 Å². The maximum atomic E-state index is 11.0. The van der Waals surface area contributed by atoms with Gasteiger partial charge in [-0.1, -0.05) is 30.9 Å². The summed E-state index contributed by atoms with van der Waals surface area (Å²) in [5.41, 5.74) is 5.22. The molecular formula is C17H25N3O2S. The fourth-order valence-electron chi connectivity index (χ4n) is 1.86. The van der Waals surface area contributed by atoms with Crippen molar-refractivity contribution >= 4 is 17.7 Å². The van der Waals surface area contributed by atoms with Crippen molar-refractivity contribution in [1.82, 2.24) is 10.2 Å². The second-order valence-electron chi connectivity index (χ2n) is 4.92. The molecule has 1 heterocycles. The first-order valence-electron chi connectivity index (χ1n) is 7.53. The van der Waals surface area contributed by atoms with E-state index in [2.05, 4.69) is 18.0 Å². The van der Waals surface area contributed by atoms with Crippen molar-refractivity contribution in [3.8, 4) is 0 Å². The van der Waals surface area contributed by atoms with Gasteiger partial charge in [-0.3, -0.25) is 10.1 Å². The van der Waals surface area contributed by atoms with Crippen molar-refractivity contribution < 1.29 is 9.90 Å². The van der Waals surface area contributed by atoms with Crippen LogP contribution in [-0.4, -0.2) is 41.0 Å². The fraction of sp³-hybridized carbons (Fsp3) is 0.353. The molecule has 23 heavy (non-hydrogen) atoms. The van der Waals surface area contributed by atoms with Crippen molar-refractivity contribution in [2.75, 3.05) is 18.8 Å². The van der Waals surface area contributed by atoms with E-state index in [0.29, 0.717) is 13.1 Å². The quantitative estimate of drug-likeness (QED) is 0.443. The van der Waals surface area contributed by atoms with Crippen molar-refractivity contribution in [2.24, 2.45) is 5.73 Å². The molecule has 0 fully saturated rings. The normalized spacial score (nSPS) is 19.3. The maximum absolute atomic E-state index is 11.0. The SMILES string of the molecule is C=C/C=C/C(O)NCCN1C=C(SCC(N)=O)CC/C=C\C=C\1. The van der Waals surface area contributed by atoms with E-state index in [1.165, 1.54) is 11.8 Å². The molecule has 1 aliphatic rings. The maximum Gasteiger partial charge on any atom is 0.227 e. The Morgan fingerprint density at radius 2 is 2.39 bits per heavy atom. The number of nitrogens with two attached hydrogens (primary N) is 1. The molecule has 0 spiro atoms. The molecule has 0 bridgehead atoms. The molecule has 0 saturated carbocycles. The molecule has 1 rings (SSSR count). The number of primary amides is 1. The van der Waals surface area contributed by atoms with Crippen molar-refractivity contribution in [2.45, 2.75) is 19.1 Å². The van der Waals surface area contributed by atoms with Gasteiger partial charge in [0, 0.05) is 30.4 Å². The van der Waals surface area contributed by atoms with Gasteiger partial charge >= 0.3 is 0 Å². The number of hydrogen-bond donors (Lipinski definition) is 3. The van der Waals surface area contributed by atoms with Crippen LogP contribution < -0.4 is 11.1 Å². The van der Waals surface area contributed by atoms with Crippen LogP contribution in [0, 0.1) is 0 Å². The number of aliphatic hydroxyl groups excluding tert-OH is 1. The lowest BCUT2D eigenvalue weighted by Crippen LogP contribution is -2.33. The highest BCUT2D eigenvalue weighted by Gasteiger charge is 2.06. The van der Waals surface area contributed by atoms with Gasteiger partial charge in [-0.05, 0) is 25.0 Å². The van der Waals surface area contributed by atoms with Gasteiger partial charge in [0.1, 0.15) is 6.23 Å². The van der Waals surface area contributed by atoms with Crippen LogP contribution in [0.25, 0.3) is 0 Å². The molecule has 6 heteroatoms. The number of amides is 1. The summed E-state index contributed by atoms with van der Waals surface area (Å²) in [6.07, 6.45) is 16.2. The Hall–Kier alpha value is -1.76. The van der Waals surface area contributed by atoms with Gasteiger partial charge in [-0.15, -0.1) is 11.8 Å². The van der Waals surface area contributed by atoms with E-state index in [4.69, 9.17) is 5.73 Å². The first-order valence-corrected chi connectivity index (χ1v) is 8.52. The van der Waals surface area contributed by atoms with Gasteiger partial charge in [0.2, 0.25) is 5.91 Å². The summed E-state index contributed by atoms with van der Waals surface area (Å²) in [5.74, 6) is -0.0247. The zero-order chi connectivity index (χ0) is 16.9. The zero-order valence-electron chi connectivity index (χ0n) is 13.2. The Kier molecular flexibility index (Phi) is 9.86. The van der Waals surface area contributed by atoms with Crippen molar-refractivity contribution in [3.63, 3.8) is 0 Å².